The molecule has 0 bridgehead atoms. The molecule has 8 heteroatoms. The molecule has 138 valence electrons. The normalized spacial score (nSPS) is 17.2. The molecule has 0 saturated carbocycles. The van der Waals surface area contributed by atoms with Crippen LogP contribution in [-0.2, 0) is 4.79 Å². The van der Waals surface area contributed by atoms with Crippen LogP contribution in [0.15, 0.2) is 34.9 Å². The summed E-state index contributed by atoms with van der Waals surface area (Å²) in [6.45, 7) is 4.11. The number of pyridine rings is 1. The fraction of sp³-hybridized carbons (Fsp3) is 0.263. The van der Waals surface area contributed by atoms with E-state index in [4.69, 9.17) is 4.52 Å². The van der Waals surface area contributed by atoms with Crippen LogP contribution in [0.3, 0.4) is 0 Å². The minimum Gasteiger partial charge on any atom is -0.352 e. The van der Waals surface area contributed by atoms with Crippen molar-refractivity contribution in [1.82, 2.24) is 20.4 Å². The smallest absolute Gasteiger partial charge is 0.258 e. The Morgan fingerprint density at radius 3 is 2.93 bits per heavy atom. The molecule has 1 aliphatic rings. The number of aryl methyl sites for hydroxylation is 2. The van der Waals surface area contributed by atoms with Crippen LogP contribution in [0.25, 0.3) is 11.1 Å². The Kier molecular flexibility index (Phi) is 4.10. The van der Waals surface area contributed by atoms with Crippen molar-refractivity contribution >= 4 is 22.9 Å². The van der Waals surface area contributed by atoms with Crippen LogP contribution in [0.1, 0.15) is 33.4 Å². The zero-order chi connectivity index (χ0) is 19.1. The van der Waals surface area contributed by atoms with E-state index in [9.17, 15) is 14.0 Å². The number of hydrogen-bond donors (Lipinski definition) is 1. The summed E-state index contributed by atoms with van der Waals surface area (Å²) in [7, 11) is 0. The van der Waals surface area contributed by atoms with Crippen molar-refractivity contribution in [2.24, 2.45) is 0 Å². The Labute approximate surface area is 154 Å². The number of hydrogen-bond acceptors (Lipinski definition) is 5. The molecular weight excluding hydrogens is 351 g/mol. The third kappa shape index (κ3) is 2.92. The Morgan fingerprint density at radius 2 is 2.15 bits per heavy atom. The second-order valence-corrected chi connectivity index (χ2v) is 6.51. The van der Waals surface area contributed by atoms with E-state index in [0.717, 1.165) is 0 Å². The van der Waals surface area contributed by atoms with Gasteiger partial charge in [-0.3, -0.25) is 9.59 Å². The maximum Gasteiger partial charge on any atom is 0.258 e. The molecule has 1 atom stereocenters. The summed E-state index contributed by atoms with van der Waals surface area (Å²) in [6, 6.07) is 6.47. The monoisotopic (exact) mass is 368 g/mol. The van der Waals surface area contributed by atoms with Crippen LogP contribution in [0.5, 0.6) is 0 Å². The van der Waals surface area contributed by atoms with E-state index in [2.05, 4.69) is 15.5 Å². The fourth-order valence-corrected chi connectivity index (χ4v) is 3.43. The largest absolute Gasteiger partial charge is 0.352 e. The standard InChI is InChI=1S/C19H17FN4O3/c1-10-8-14(15-11(2)23-27-18(15)22-10)19(26)24-7-6-21-17(25)16(24)12-4-3-5-13(20)9-12/h3-5,8-9,16H,6-7H2,1-2H3,(H,21,25)/t16-/m0/s1. The predicted octanol–water partition coefficient (Wildman–Crippen LogP) is 2.29. The molecule has 3 aromatic rings. The highest BCUT2D eigenvalue weighted by Crippen LogP contribution is 2.29. The van der Waals surface area contributed by atoms with Gasteiger partial charge in [-0.25, -0.2) is 9.37 Å². The van der Waals surface area contributed by atoms with Crippen LogP contribution >= 0.6 is 0 Å². The van der Waals surface area contributed by atoms with Gasteiger partial charge in [-0.1, -0.05) is 17.3 Å². The maximum atomic E-state index is 13.7. The fourth-order valence-electron chi connectivity index (χ4n) is 3.43. The first-order valence-corrected chi connectivity index (χ1v) is 8.53. The summed E-state index contributed by atoms with van der Waals surface area (Å²) in [4.78, 5) is 31.6. The molecule has 27 heavy (non-hydrogen) atoms. The van der Waals surface area contributed by atoms with E-state index in [1.54, 1.807) is 26.0 Å². The lowest BCUT2D eigenvalue weighted by atomic mass is 10.00. The second kappa shape index (κ2) is 6.46. The highest BCUT2D eigenvalue weighted by atomic mass is 19.1. The number of nitrogens with zero attached hydrogens (tertiary/aromatic N) is 3. The summed E-state index contributed by atoms with van der Waals surface area (Å²) in [6.07, 6.45) is 0. The van der Waals surface area contributed by atoms with Crippen LogP contribution in [0.4, 0.5) is 4.39 Å². The highest BCUT2D eigenvalue weighted by molar-refractivity contribution is 6.07. The molecule has 0 spiro atoms. The maximum absolute atomic E-state index is 13.7. The van der Waals surface area contributed by atoms with Crippen molar-refractivity contribution in [3.05, 3.63) is 58.7 Å². The molecule has 1 saturated heterocycles. The minimum absolute atomic E-state index is 0.277. The highest BCUT2D eigenvalue weighted by Gasteiger charge is 2.36. The minimum atomic E-state index is -0.911. The lowest BCUT2D eigenvalue weighted by Crippen LogP contribution is -2.52. The molecule has 2 amide bonds. The summed E-state index contributed by atoms with van der Waals surface area (Å²) in [5.41, 5.74) is 2.21. The van der Waals surface area contributed by atoms with Gasteiger partial charge in [0.2, 0.25) is 5.91 Å². The van der Waals surface area contributed by atoms with Gasteiger partial charge in [0.25, 0.3) is 11.6 Å². The van der Waals surface area contributed by atoms with Crippen molar-refractivity contribution in [2.45, 2.75) is 19.9 Å². The molecule has 0 aliphatic carbocycles. The van der Waals surface area contributed by atoms with Gasteiger partial charge in [0.1, 0.15) is 11.9 Å². The number of rotatable bonds is 2. The lowest BCUT2D eigenvalue weighted by Gasteiger charge is -2.35. The van der Waals surface area contributed by atoms with Crippen molar-refractivity contribution in [3.63, 3.8) is 0 Å². The number of aromatic nitrogens is 2. The molecule has 7 nitrogen and oxygen atoms in total. The van der Waals surface area contributed by atoms with E-state index in [-0.39, 0.29) is 17.5 Å². The molecule has 0 unspecified atom stereocenters. The summed E-state index contributed by atoms with van der Waals surface area (Å²) < 4.78 is 18.9. The average Bonchev–Trinajstić information content (AvgIpc) is 3.01. The SMILES string of the molecule is Cc1cc(C(=O)N2CCNC(=O)[C@@H]2c2cccc(F)c2)c2c(C)noc2n1. The number of carbonyl (C=O) groups is 2. The quantitative estimate of drug-likeness (QED) is 0.750. The van der Waals surface area contributed by atoms with Gasteiger partial charge in [0.05, 0.1) is 16.6 Å². The Morgan fingerprint density at radius 1 is 1.33 bits per heavy atom. The zero-order valence-electron chi connectivity index (χ0n) is 14.8. The van der Waals surface area contributed by atoms with E-state index >= 15 is 0 Å². The average molecular weight is 368 g/mol. The topological polar surface area (TPSA) is 88.3 Å². The Hall–Kier alpha value is -3.29. The van der Waals surface area contributed by atoms with Gasteiger partial charge in [-0.2, -0.15) is 0 Å². The summed E-state index contributed by atoms with van der Waals surface area (Å²) in [5, 5.41) is 7.16. The first kappa shape index (κ1) is 17.1. The number of fused-ring (bicyclic) bond motifs is 1. The molecule has 1 N–H and O–H groups in total. The molecular formula is C19H17FN4O3. The first-order chi connectivity index (χ1) is 13.0. The lowest BCUT2D eigenvalue weighted by molar-refractivity contribution is -0.128. The van der Waals surface area contributed by atoms with Gasteiger partial charge in [0.15, 0.2) is 0 Å². The molecule has 4 rings (SSSR count). The molecule has 0 radical (unpaired) electrons. The number of carbonyl (C=O) groups excluding carboxylic acids is 2. The van der Waals surface area contributed by atoms with Gasteiger partial charge >= 0.3 is 0 Å². The summed E-state index contributed by atoms with van der Waals surface area (Å²) in [5.74, 6) is -1.15. The van der Waals surface area contributed by atoms with Gasteiger partial charge < -0.3 is 14.7 Å². The van der Waals surface area contributed by atoms with E-state index in [1.165, 1.54) is 23.1 Å². The van der Waals surface area contributed by atoms with Crippen LogP contribution in [0, 0.1) is 19.7 Å². The zero-order valence-corrected chi connectivity index (χ0v) is 14.8. The number of halogens is 1. The number of amides is 2. The molecule has 3 heterocycles. The molecule has 1 fully saturated rings. The first-order valence-electron chi connectivity index (χ1n) is 8.53. The van der Waals surface area contributed by atoms with Crippen molar-refractivity contribution < 1.29 is 18.5 Å². The summed E-state index contributed by atoms with van der Waals surface area (Å²) >= 11 is 0. The van der Waals surface area contributed by atoms with Gasteiger partial charge in [-0.15, -0.1) is 0 Å². The number of piperazine rings is 1. The second-order valence-electron chi connectivity index (χ2n) is 6.51. The van der Waals surface area contributed by atoms with E-state index in [1.807, 2.05) is 0 Å². The molecule has 2 aromatic heterocycles. The van der Waals surface area contributed by atoms with E-state index in [0.29, 0.717) is 41.0 Å². The van der Waals surface area contributed by atoms with E-state index < -0.39 is 11.9 Å². The third-order valence-corrected chi connectivity index (χ3v) is 4.61. The van der Waals surface area contributed by atoms with Gasteiger partial charge in [0, 0.05) is 18.8 Å². The molecule has 1 aliphatic heterocycles. The van der Waals surface area contributed by atoms with Gasteiger partial charge in [-0.05, 0) is 37.6 Å². The van der Waals surface area contributed by atoms with Crippen LogP contribution < -0.4 is 5.32 Å². The number of benzene rings is 1. The third-order valence-electron chi connectivity index (χ3n) is 4.61. The number of nitrogens with one attached hydrogen (secondary N) is 1. The van der Waals surface area contributed by atoms with Crippen LogP contribution in [0.2, 0.25) is 0 Å². The van der Waals surface area contributed by atoms with Crippen molar-refractivity contribution in [3.8, 4) is 0 Å². The van der Waals surface area contributed by atoms with Crippen molar-refractivity contribution in [1.29, 1.82) is 0 Å². The molecule has 1 aromatic carbocycles. The van der Waals surface area contributed by atoms with Crippen LogP contribution in [-0.4, -0.2) is 39.9 Å². The Balaban J connectivity index is 1.82. The predicted molar refractivity (Wildman–Crippen MR) is 94.5 cm³/mol. The van der Waals surface area contributed by atoms with Crippen molar-refractivity contribution in [2.75, 3.05) is 13.1 Å². The Bertz CT molecular complexity index is 1060.